The van der Waals surface area contributed by atoms with E-state index >= 15 is 0 Å². The standard InChI is InChI=1S/C22H27N3O2S/c1-16(17-9-11-20(12-10-17)25-13-4-3-5-14-25)23-22(28)24-19-8-6-7-18(15-19)21(26)27-2/h6-12,15-16H,3-5,13-14H2,1-2H3,(H2,23,24,28)/t16-/m0/s1. The molecule has 28 heavy (non-hydrogen) atoms. The summed E-state index contributed by atoms with van der Waals surface area (Å²) in [6, 6.07) is 15.8. The number of thiocarbonyl (C=S) groups is 1. The van der Waals surface area contributed by atoms with Crippen molar-refractivity contribution in [3.05, 3.63) is 59.7 Å². The van der Waals surface area contributed by atoms with Crippen LogP contribution in [0.3, 0.4) is 0 Å². The number of methoxy groups -OCH3 is 1. The van der Waals surface area contributed by atoms with E-state index in [9.17, 15) is 4.79 Å². The van der Waals surface area contributed by atoms with E-state index in [-0.39, 0.29) is 12.0 Å². The average molecular weight is 398 g/mol. The van der Waals surface area contributed by atoms with Crippen molar-refractivity contribution >= 4 is 34.7 Å². The molecule has 1 aliphatic rings. The Morgan fingerprint density at radius 1 is 1.11 bits per heavy atom. The predicted octanol–water partition coefficient (Wildman–Crippen LogP) is 4.51. The van der Waals surface area contributed by atoms with Crippen LogP contribution in [0, 0.1) is 0 Å². The summed E-state index contributed by atoms with van der Waals surface area (Å²) < 4.78 is 4.75. The molecule has 2 aromatic rings. The number of carbonyl (C=O) groups excluding carboxylic acids is 1. The highest BCUT2D eigenvalue weighted by Crippen LogP contribution is 2.22. The van der Waals surface area contributed by atoms with Crippen LogP contribution in [0.4, 0.5) is 11.4 Å². The Labute approximate surface area is 172 Å². The Balaban J connectivity index is 1.57. The van der Waals surface area contributed by atoms with Gasteiger partial charge in [0, 0.05) is 24.5 Å². The second-order valence-corrected chi connectivity index (χ2v) is 7.44. The first-order valence-corrected chi connectivity index (χ1v) is 10.1. The lowest BCUT2D eigenvalue weighted by Gasteiger charge is -2.29. The van der Waals surface area contributed by atoms with Crippen LogP contribution >= 0.6 is 12.2 Å². The van der Waals surface area contributed by atoms with Crippen molar-refractivity contribution in [1.29, 1.82) is 0 Å². The number of ether oxygens (including phenoxy) is 1. The summed E-state index contributed by atoms with van der Waals surface area (Å²) in [5, 5.41) is 6.94. The number of nitrogens with zero attached hydrogens (tertiary/aromatic N) is 1. The highest BCUT2D eigenvalue weighted by atomic mass is 32.1. The van der Waals surface area contributed by atoms with Crippen molar-refractivity contribution < 1.29 is 9.53 Å². The number of piperidine rings is 1. The molecule has 0 unspecified atom stereocenters. The van der Waals surface area contributed by atoms with Gasteiger partial charge in [0.05, 0.1) is 18.7 Å². The van der Waals surface area contributed by atoms with Crippen LogP contribution in [-0.2, 0) is 4.74 Å². The van der Waals surface area contributed by atoms with Gasteiger partial charge in [-0.2, -0.15) is 0 Å². The maximum atomic E-state index is 11.7. The molecule has 0 aromatic heterocycles. The van der Waals surface area contributed by atoms with Crippen LogP contribution < -0.4 is 15.5 Å². The molecule has 0 aliphatic carbocycles. The van der Waals surface area contributed by atoms with E-state index < -0.39 is 0 Å². The van der Waals surface area contributed by atoms with Crippen LogP contribution in [-0.4, -0.2) is 31.3 Å². The molecule has 1 heterocycles. The summed E-state index contributed by atoms with van der Waals surface area (Å²) in [7, 11) is 1.37. The van der Waals surface area contributed by atoms with Gasteiger partial charge in [-0.05, 0) is 74.3 Å². The molecule has 5 nitrogen and oxygen atoms in total. The monoisotopic (exact) mass is 397 g/mol. The van der Waals surface area contributed by atoms with Gasteiger partial charge in [0.2, 0.25) is 0 Å². The van der Waals surface area contributed by atoms with Crippen molar-refractivity contribution in [2.75, 3.05) is 30.4 Å². The molecule has 1 aliphatic heterocycles. The summed E-state index contributed by atoms with van der Waals surface area (Å²) in [6.07, 6.45) is 3.89. The number of carbonyl (C=O) groups is 1. The summed E-state index contributed by atoms with van der Waals surface area (Å²) >= 11 is 5.43. The van der Waals surface area contributed by atoms with Crippen LogP contribution in [0.2, 0.25) is 0 Å². The smallest absolute Gasteiger partial charge is 0.337 e. The van der Waals surface area contributed by atoms with Gasteiger partial charge >= 0.3 is 5.97 Å². The fraction of sp³-hybridized carbons (Fsp3) is 0.364. The number of hydrogen-bond donors (Lipinski definition) is 2. The molecule has 1 atom stereocenters. The molecule has 6 heteroatoms. The van der Waals surface area contributed by atoms with Gasteiger partial charge in [-0.25, -0.2) is 4.79 Å². The molecular formula is C22H27N3O2S. The minimum atomic E-state index is -0.371. The first kappa shape index (κ1) is 20.1. The van der Waals surface area contributed by atoms with Gasteiger partial charge in [0.1, 0.15) is 0 Å². The third-order valence-corrected chi connectivity index (χ3v) is 5.22. The lowest BCUT2D eigenvalue weighted by Crippen LogP contribution is -2.31. The van der Waals surface area contributed by atoms with Gasteiger partial charge < -0.3 is 20.3 Å². The summed E-state index contributed by atoms with van der Waals surface area (Å²) in [4.78, 5) is 14.1. The first-order chi connectivity index (χ1) is 13.6. The van der Waals surface area contributed by atoms with Crippen LogP contribution in [0.5, 0.6) is 0 Å². The van der Waals surface area contributed by atoms with E-state index in [4.69, 9.17) is 17.0 Å². The molecule has 148 valence electrons. The fourth-order valence-corrected chi connectivity index (χ4v) is 3.71. The van der Waals surface area contributed by atoms with Gasteiger partial charge in [0.25, 0.3) is 0 Å². The summed E-state index contributed by atoms with van der Waals surface area (Å²) in [5.41, 5.74) is 3.69. The van der Waals surface area contributed by atoms with Crippen molar-refractivity contribution in [2.45, 2.75) is 32.2 Å². The van der Waals surface area contributed by atoms with Gasteiger partial charge in [0.15, 0.2) is 5.11 Å². The largest absolute Gasteiger partial charge is 0.465 e. The molecule has 0 bridgehead atoms. The van der Waals surface area contributed by atoms with Gasteiger partial charge in [-0.1, -0.05) is 18.2 Å². The number of anilines is 2. The van der Waals surface area contributed by atoms with E-state index in [1.807, 2.05) is 6.07 Å². The highest BCUT2D eigenvalue weighted by Gasteiger charge is 2.13. The van der Waals surface area contributed by atoms with Crippen molar-refractivity contribution in [1.82, 2.24) is 5.32 Å². The minimum Gasteiger partial charge on any atom is -0.465 e. The average Bonchev–Trinajstić information content (AvgIpc) is 2.74. The Bertz CT molecular complexity index is 817. The molecule has 1 saturated heterocycles. The third-order valence-electron chi connectivity index (χ3n) is 5.00. The zero-order chi connectivity index (χ0) is 19.9. The molecule has 0 saturated carbocycles. The SMILES string of the molecule is COC(=O)c1cccc(NC(=S)N[C@@H](C)c2ccc(N3CCCCC3)cc2)c1. The first-order valence-electron chi connectivity index (χ1n) is 9.67. The Morgan fingerprint density at radius 3 is 2.50 bits per heavy atom. The summed E-state index contributed by atoms with van der Waals surface area (Å²) in [5.74, 6) is -0.371. The number of benzene rings is 2. The molecular weight excluding hydrogens is 370 g/mol. The predicted molar refractivity (Wildman–Crippen MR) is 118 cm³/mol. The minimum absolute atomic E-state index is 0.0687. The van der Waals surface area contributed by atoms with Crippen molar-refractivity contribution in [3.63, 3.8) is 0 Å². The quantitative estimate of drug-likeness (QED) is 0.572. The van der Waals surface area contributed by atoms with E-state index in [1.54, 1.807) is 18.2 Å². The van der Waals surface area contributed by atoms with Gasteiger partial charge in [-0.3, -0.25) is 0 Å². The molecule has 2 aromatic carbocycles. The lowest BCUT2D eigenvalue weighted by molar-refractivity contribution is 0.0601. The lowest BCUT2D eigenvalue weighted by atomic mass is 10.1. The van der Waals surface area contributed by atoms with E-state index in [0.29, 0.717) is 10.7 Å². The van der Waals surface area contributed by atoms with E-state index in [0.717, 1.165) is 18.8 Å². The normalized spacial score (nSPS) is 14.9. The third kappa shape index (κ3) is 5.23. The topological polar surface area (TPSA) is 53.6 Å². The molecule has 0 spiro atoms. The second kappa shape index (κ2) is 9.55. The summed E-state index contributed by atoms with van der Waals surface area (Å²) in [6.45, 7) is 4.37. The van der Waals surface area contributed by atoms with Crippen molar-refractivity contribution in [2.24, 2.45) is 0 Å². The van der Waals surface area contributed by atoms with Crippen LogP contribution in [0.25, 0.3) is 0 Å². The maximum absolute atomic E-state index is 11.7. The fourth-order valence-electron chi connectivity index (χ4n) is 3.41. The number of rotatable bonds is 5. The Hall–Kier alpha value is -2.60. The second-order valence-electron chi connectivity index (χ2n) is 7.03. The van der Waals surface area contributed by atoms with Crippen LogP contribution in [0.15, 0.2) is 48.5 Å². The maximum Gasteiger partial charge on any atom is 0.337 e. The van der Waals surface area contributed by atoms with Crippen LogP contribution in [0.1, 0.15) is 48.1 Å². The Morgan fingerprint density at radius 2 is 1.82 bits per heavy atom. The van der Waals surface area contributed by atoms with E-state index in [2.05, 4.69) is 46.7 Å². The number of esters is 1. The van der Waals surface area contributed by atoms with E-state index in [1.165, 1.54) is 37.6 Å². The number of nitrogens with one attached hydrogen (secondary N) is 2. The molecule has 3 rings (SSSR count). The highest BCUT2D eigenvalue weighted by molar-refractivity contribution is 7.80. The van der Waals surface area contributed by atoms with Crippen molar-refractivity contribution in [3.8, 4) is 0 Å². The molecule has 2 N–H and O–H groups in total. The zero-order valence-corrected chi connectivity index (χ0v) is 17.2. The molecule has 0 amide bonds. The zero-order valence-electron chi connectivity index (χ0n) is 16.4. The molecule has 0 radical (unpaired) electrons. The molecule has 1 fully saturated rings. The van der Waals surface area contributed by atoms with Gasteiger partial charge in [-0.15, -0.1) is 0 Å². The Kier molecular flexibility index (Phi) is 6.87. The number of hydrogen-bond acceptors (Lipinski definition) is 4.